The Morgan fingerprint density at radius 2 is 1.81 bits per heavy atom. The van der Waals surface area contributed by atoms with Crippen LogP contribution in [0.1, 0.15) is 33.6 Å². The molecule has 16 heavy (non-hydrogen) atoms. The van der Waals surface area contributed by atoms with E-state index in [-0.39, 0.29) is 5.92 Å². The Morgan fingerprint density at radius 1 is 1.31 bits per heavy atom. The largest absolute Gasteiger partial charge is 0.343 e. The Morgan fingerprint density at radius 3 is 2.19 bits per heavy atom. The van der Waals surface area contributed by atoms with Gasteiger partial charge >= 0.3 is 0 Å². The van der Waals surface area contributed by atoms with Crippen LogP contribution >= 0.6 is 22.6 Å². The van der Waals surface area contributed by atoms with Crippen LogP contribution in [0.15, 0.2) is 0 Å². The molecule has 0 aromatic carbocycles. The minimum atomic E-state index is 0.249. The minimum absolute atomic E-state index is 0.249. The van der Waals surface area contributed by atoms with E-state index in [0.29, 0.717) is 16.0 Å². The van der Waals surface area contributed by atoms with Crippen LogP contribution in [0.25, 0.3) is 0 Å². The number of amides is 1. The van der Waals surface area contributed by atoms with Gasteiger partial charge in [0.1, 0.15) is 0 Å². The number of carbonyl (C=O) groups excluding carboxylic acids is 1. The summed E-state index contributed by atoms with van der Waals surface area (Å²) in [6.07, 6.45) is 2.03. The summed E-state index contributed by atoms with van der Waals surface area (Å²) < 4.78 is 0.580. The van der Waals surface area contributed by atoms with Gasteiger partial charge in [-0.05, 0) is 46.7 Å². The van der Waals surface area contributed by atoms with Gasteiger partial charge in [0.15, 0.2) is 0 Å². The van der Waals surface area contributed by atoms with Gasteiger partial charge in [-0.15, -0.1) is 0 Å². The highest BCUT2D eigenvalue weighted by Crippen LogP contribution is 2.22. The zero-order valence-corrected chi connectivity index (χ0v) is 12.9. The lowest BCUT2D eigenvalue weighted by Gasteiger charge is -2.35. The van der Waals surface area contributed by atoms with Crippen LogP contribution in [0.3, 0.4) is 0 Å². The van der Waals surface area contributed by atoms with E-state index in [2.05, 4.69) is 48.3 Å². The van der Waals surface area contributed by atoms with E-state index in [4.69, 9.17) is 0 Å². The smallest absolute Gasteiger partial charge is 0.225 e. The summed E-state index contributed by atoms with van der Waals surface area (Å²) in [6, 6.07) is 0.314. The van der Waals surface area contributed by atoms with Crippen LogP contribution in [0.4, 0.5) is 0 Å². The van der Waals surface area contributed by atoms with Crippen molar-refractivity contribution < 1.29 is 4.79 Å². The first-order valence-electron chi connectivity index (χ1n) is 6.08. The second-order valence-corrected chi connectivity index (χ2v) is 6.73. The summed E-state index contributed by atoms with van der Waals surface area (Å²) >= 11 is 2.44. The molecule has 0 N–H and O–H groups in total. The molecule has 0 aromatic rings. The van der Waals surface area contributed by atoms with Crippen molar-refractivity contribution in [1.82, 2.24) is 9.80 Å². The monoisotopic (exact) mass is 338 g/mol. The quantitative estimate of drug-likeness (QED) is 0.448. The molecule has 3 nitrogen and oxygen atoms in total. The average Bonchev–Trinajstić information content (AvgIpc) is 2.27. The van der Waals surface area contributed by atoms with Crippen LogP contribution < -0.4 is 0 Å². The Kier molecular flexibility index (Phi) is 5.50. The molecular weight excluding hydrogens is 315 g/mol. The van der Waals surface area contributed by atoms with Crippen molar-refractivity contribution in [3.63, 3.8) is 0 Å². The SMILES string of the molecule is CC(C)N(C)C(=O)C1CCN([C@@H](C)I)CC1. The normalized spacial score (nSPS) is 21.1. The van der Waals surface area contributed by atoms with Gasteiger partial charge in [-0.1, -0.05) is 22.6 Å². The fourth-order valence-electron chi connectivity index (χ4n) is 2.04. The van der Waals surface area contributed by atoms with Gasteiger partial charge in [-0.2, -0.15) is 0 Å². The van der Waals surface area contributed by atoms with E-state index >= 15 is 0 Å². The van der Waals surface area contributed by atoms with Gasteiger partial charge in [0.05, 0.1) is 4.05 Å². The van der Waals surface area contributed by atoms with Gasteiger partial charge in [0.25, 0.3) is 0 Å². The molecule has 0 unspecified atom stereocenters. The molecule has 0 aliphatic carbocycles. The molecule has 1 aliphatic heterocycles. The molecule has 1 atom stereocenters. The highest BCUT2D eigenvalue weighted by atomic mass is 127. The third kappa shape index (κ3) is 3.58. The predicted octanol–water partition coefficient (Wildman–Crippen LogP) is 2.35. The maximum absolute atomic E-state index is 12.1. The van der Waals surface area contributed by atoms with Crippen LogP contribution in [0.5, 0.6) is 0 Å². The lowest BCUT2D eigenvalue weighted by molar-refractivity contribution is -0.137. The molecule has 0 aromatic heterocycles. The fourth-order valence-corrected chi connectivity index (χ4v) is 2.60. The summed E-state index contributed by atoms with van der Waals surface area (Å²) in [5.41, 5.74) is 0. The topological polar surface area (TPSA) is 23.6 Å². The maximum Gasteiger partial charge on any atom is 0.225 e. The summed E-state index contributed by atoms with van der Waals surface area (Å²) in [4.78, 5) is 16.4. The molecule has 0 bridgehead atoms. The first kappa shape index (κ1) is 14.2. The number of piperidine rings is 1. The van der Waals surface area contributed by atoms with Crippen molar-refractivity contribution in [2.45, 2.75) is 43.7 Å². The second-order valence-electron chi connectivity index (χ2n) is 4.93. The number of hydrogen-bond acceptors (Lipinski definition) is 2. The lowest BCUT2D eigenvalue weighted by atomic mass is 9.95. The highest BCUT2D eigenvalue weighted by Gasteiger charge is 2.28. The van der Waals surface area contributed by atoms with Gasteiger partial charge in [-0.25, -0.2) is 0 Å². The zero-order valence-electron chi connectivity index (χ0n) is 10.7. The van der Waals surface area contributed by atoms with Gasteiger partial charge in [-0.3, -0.25) is 9.69 Å². The summed E-state index contributed by atoms with van der Waals surface area (Å²) in [7, 11) is 1.92. The number of halogens is 1. The van der Waals surface area contributed by atoms with Crippen LogP contribution in [-0.4, -0.2) is 45.9 Å². The second kappa shape index (κ2) is 6.19. The van der Waals surface area contributed by atoms with Crippen LogP contribution in [0.2, 0.25) is 0 Å². The number of likely N-dealkylation sites (tertiary alicyclic amines) is 1. The molecular formula is C12H23IN2O. The number of carbonyl (C=O) groups is 1. The molecule has 1 amide bonds. The van der Waals surface area contributed by atoms with Crippen LogP contribution in [-0.2, 0) is 4.79 Å². The van der Waals surface area contributed by atoms with Gasteiger partial charge in [0.2, 0.25) is 5.91 Å². The first-order valence-corrected chi connectivity index (χ1v) is 7.32. The molecule has 0 saturated carbocycles. The van der Waals surface area contributed by atoms with Crippen molar-refractivity contribution >= 4 is 28.5 Å². The third-order valence-electron chi connectivity index (χ3n) is 3.50. The van der Waals surface area contributed by atoms with Crippen molar-refractivity contribution in [2.24, 2.45) is 5.92 Å². The van der Waals surface area contributed by atoms with Crippen molar-refractivity contribution in [1.29, 1.82) is 0 Å². The lowest BCUT2D eigenvalue weighted by Crippen LogP contribution is -2.44. The zero-order chi connectivity index (χ0) is 12.3. The molecule has 1 aliphatic rings. The maximum atomic E-state index is 12.1. The van der Waals surface area contributed by atoms with E-state index in [1.807, 2.05) is 11.9 Å². The minimum Gasteiger partial charge on any atom is -0.343 e. The molecule has 1 rings (SSSR count). The van der Waals surface area contributed by atoms with Crippen molar-refractivity contribution in [2.75, 3.05) is 20.1 Å². The first-order chi connectivity index (χ1) is 7.43. The number of rotatable bonds is 3. The molecule has 1 heterocycles. The fraction of sp³-hybridized carbons (Fsp3) is 0.917. The molecule has 94 valence electrons. The number of hydrogen-bond donors (Lipinski definition) is 0. The van der Waals surface area contributed by atoms with Crippen molar-refractivity contribution in [3.05, 3.63) is 0 Å². The average molecular weight is 338 g/mol. The highest BCUT2D eigenvalue weighted by molar-refractivity contribution is 14.1. The molecule has 1 saturated heterocycles. The Balaban J connectivity index is 2.45. The molecule has 0 radical (unpaired) electrons. The van der Waals surface area contributed by atoms with Gasteiger partial charge in [0, 0.05) is 19.0 Å². The Labute approximate surface area is 113 Å². The number of nitrogens with zero attached hydrogens (tertiary/aromatic N) is 2. The van der Waals surface area contributed by atoms with E-state index < -0.39 is 0 Å². The van der Waals surface area contributed by atoms with E-state index in [1.54, 1.807) is 0 Å². The molecule has 1 fully saturated rings. The van der Waals surface area contributed by atoms with Gasteiger partial charge < -0.3 is 4.90 Å². The van der Waals surface area contributed by atoms with Crippen LogP contribution in [0, 0.1) is 5.92 Å². The van der Waals surface area contributed by atoms with E-state index in [9.17, 15) is 4.79 Å². The standard InChI is InChI=1S/C12H23IN2O/c1-9(2)14(4)12(16)11-5-7-15(8-6-11)10(3)13/h9-11H,5-8H2,1-4H3/t10-/m0/s1. The number of alkyl halides is 1. The van der Waals surface area contributed by atoms with E-state index in [1.165, 1.54) is 0 Å². The summed E-state index contributed by atoms with van der Waals surface area (Å²) in [6.45, 7) is 8.47. The Hall–Kier alpha value is 0.160. The summed E-state index contributed by atoms with van der Waals surface area (Å²) in [5.74, 6) is 0.578. The predicted molar refractivity (Wildman–Crippen MR) is 75.7 cm³/mol. The third-order valence-corrected chi connectivity index (χ3v) is 4.29. The molecule has 4 heteroatoms. The summed E-state index contributed by atoms with van der Waals surface area (Å²) in [5, 5.41) is 0. The van der Waals surface area contributed by atoms with E-state index in [0.717, 1.165) is 25.9 Å². The Bertz CT molecular complexity index is 235. The van der Waals surface area contributed by atoms with Crippen molar-refractivity contribution in [3.8, 4) is 0 Å². The molecule has 0 spiro atoms.